The Balaban J connectivity index is 2.33. The number of amides is 2. The highest BCUT2D eigenvalue weighted by Crippen LogP contribution is 2.03. The van der Waals surface area contributed by atoms with E-state index in [0.29, 0.717) is 31.5 Å². The third-order valence-electron chi connectivity index (χ3n) is 2.60. The average molecular weight is 249 g/mol. The summed E-state index contributed by atoms with van der Waals surface area (Å²) >= 11 is 0. The molecule has 1 rings (SSSR count). The Morgan fingerprint density at radius 1 is 1.22 bits per heavy atom. The molecule has 0 aliphatic carbocycles. The van der Waals surface area contributed by atoms with Gasteiger partial charge in [0.05, 0.1) is 0 Å². The number of carbonyl (C=O) groups excluding carboxylic acids is 2. The first-order valence-electron chi connectivity index (χ1n) is 5.95. The lowest BCUT2D eigenvalue weighted by molar-refractivity contribution is -0.120. The largest absolute Gasteiger partial charge is 0.359 e. The van der Waals surface area contributed by atoms with Crippen molar-refractivity contribution in [2.24, 2.45) is 5.73 Å². The normalized spacial score (nSPS) is 9.89. The maximum atomic E-state index is 11.7. The quantitative estimate of drug-likeness (QED) is 0.638. The smallest absolute Gasteiger partial charge is 0.251 e. The van der Waals surface area contributed by atoms with E-state index in [2.05, 4.69) is 10.6 Å². The van der Waals surface area contributed by atoms with Gasteiger partial charge in [-0.05, 0) is 24.1 Å². The molecule has 5 nitrogen and oxygen atoms in total. The molecule has 1 aromatic rings. The van der Waals surface area contributed by atoms with E-state index in [4.69, 9.17) is 5.73 Å². The van der Waals surface area contributed by atoms with Gasteiger partial charge in [-0.3, -0.25) is 9.59 Å². The van der Waals surface area contributed by atoms with Crippen molar-refractivity contribution in [2.75, 3.05) is 13.6 Å². The van der Waals surface area contributed by atoms with Crippen LogP contribution in [0, 0.1) is 0 Å². The number of benzene rings is 1. The molecule has 0 aliphatic rings. The Kier molecular flexibility index (Phi) is 5.87. The van der Waals surface area contributed by atoms with Crippen LogP contribution in [0.1, 0.15) is 28.8 Å². The number of nitrogens with one attached hydrogen (secondary N) is 2. The molecule has 0 saturated carbocycles. The van der Waals surface area contributed by atoms with E-state index in [9.17, 15) is 9.59 Å². The zero-order valence-electron chi connectivity index (χ0n) is 10.5. The second kappa shape index (κ2) is 7.45. The minimum atomic E-state index is -0.129. The molecule has 0 bridgehead atoms. The summed E-state index contributed by atoms with van der Waals surface area (Å²) in [5, 5.41) is 5.30. The molecule has 0 aromatic heterocycles. The van der Waals surface area contributed by atoms with Gasteiger partial charge in [-0.1, -0.05) is 12.1 Å². The molecule has 18 heavy (non-hydrogen) atoms. The Hall–Kier alpha value is -1.88. The van der Waals surface area contributed by atoms with E-state index in [0.717, 1.165) is 5.56 Å². The third-order valence-corrected chi connectivity index (χ3v) is 2.60. The summed E-state index contributed by atoms with van der Waals surface area (Å²) < 4.78 is 0. The summed E-state index contributed by atoms with van der Waals surface area (Å²) in [6.07, 6.45) is 1.05. The van der Waals surface area contributed by atoms with E-state index in [1.165, 1.54) is 0 Å². The maximum Gasteiger partial charge on any atom is 0.251 e. The minimum Gasteiger partial charge on any atom is -0.359 e. The summed E-state index contributed by atoms with van der Waals surface area (Å²) in [6.45, 7) is 0.957. The number of hydrogen-bond acceptors (Lipinski definition) is 3. The third kappa shape index (κ3) is 4.55. The highest BCUT2D eigenvalue weighted by molar-refractivity contribution is 5.94. The van der Waals surface area contributed by atoms with Crippen molar-refractivity contribution in [3.63, 3.8) is 0 Å². The number of nitrogens with two attached hydrogens (primary N) is 1. The molecule has 0 saturated heterocycles. The van der Waals surface area contributed by atoms with E-state index < -0.39 is 0 Å². The maximum absolute atomic E-state index is 11.7. The van der Waals surface area contributed by atoms with Gasteiger partial charge in [0, 0.05) is 32.1 Å². The molecule has 98 valence electrons. The van der Waals surface area contributed by atoms with Gasteiger partial charge in [-0.2, -0.15) is 0 Å². The molecule has 0 unspecified atom stereocenters. The van der Waals surface area contributed by atoms with Crippen LogP contribution in [-0.4, -0.2) is 25.4 Å². The molecule has 0 fully saturated rings. The minimum absolute atomic E-state index is 0.0171. The van der Waals surface area contributed by atoms with Gasteiger partial charge in [0.2, 0.25) is 5.91 Å². The lowest BCUT2D eigenvalue weighted by Crippen LogP contribution is -2.26. The first kappa shape index (κ1) is 14.2. The van der Waals surface area contributed by atoms with Gasteiger partial charge in [0.1, 0.15) is 0 Å². The predicted molar refractivity (Wildman–Crippen MR) is 70.0 cm³/mol. The lowest BCUT2D eigenvalue weighted by atomic mass is 10.1. The van der Waals surface area contributed by atoms with Gasteiger partial charge >= 0.3 is 0 Å². The average Bonchev–Trinajstić information content (AvgIpc) is 2.43. The van der Waals surface area contributed by atoms with Gasteiger partial charge in [-0.25, -0.2) is 0 Å². The molecule has 0 heterocycles. The molecule has 0 atom stereocenters. The Bertz CT molecular complexity index is 401. The molecule has 1 aromatic carbocycles. The first-order valence-corrected chi connectivity index (χ1v) is 5.95. The molecule has 0 aliphatic heterocycles. The Morgan fingerprint density at radius 3 is 2.44 bits per heavy atom. The van der Waals surface area contributed by atoms with Crippen molar-refractivity contribution in [1.29, 1.82) is 0 Å². The zero-order valence-corrected chi connectivity index (χ0v) is 10.5. The first-order chi connectivity index (χ1) is 8.67. The van der Waals surface area contributed by atoms with Crippen LogP contribution in [0.3, 0.4) is 0 Å². The second-order valence-electron chi connectivity index (χ2n) is 3.93. The summed E-state index contributed by atoms with van der Waals surface area (Å²) in [5.41, 5.74) is 7.07. The summed E-state index contributed by atoms with van der Waals surface area (Å²) in [5.74, 6) is -0.146. The van der Waals surface area contributed by atoms with Gasteiger partial charge < -0.3 is 16.4 Å². The lowest BCUT2D eigenvalue weighted by Gasteiger charge is -2.05. The molecular weight excluding hydrogens is 230 g/mol. The highest BCUT2D eigenvalue weighted by Gasteiger charge is 2.04. The second-order valence-corrected chi connectivity index (χ2v) is 3.93. The zero-order chi connectivity index (χ0) is 13.4. The van der Waals surface area contributed by atoms with E-state index in [1.807, 2.05) is 12.1 Å². The van der Waals surface area contributed by atoms with Crippen LogP contribution in [0.4, 0.5) is 0 Å². The van der Waals surface area contributed by atoms with Crippen LogP contribution in [0.5, 0.6) is 0 Å². The fraction of sp³-hybridized carbons (Fsp3) is 0.385. The van der Waals surface area contributed by atoms with Crippen molar-refractivity contribution in [2.45, 2.75) is 19.4 Å². The van der Waals surface area contributed by atoms with E-state index >= 15 is 0 Å². The van der Waals surface area contributed by atoms with Crippen molar-refractivity contribution in [3.8, 4) is 0 Å². The van der Waals surface area contributed by atoms with Gasteiger partial charge in [0.15, 0.2) is 0 Å². The molecule has 4 N–H and O–H groups in total. The van der Waals surface area contributed by atoms with Crippen molar-refractivity contribution in [1.82, 2.24) is 10.6 Å². The Morgan fingerprint density at radius 2 is 1.89 bits per heavy atom. The van der Waals surface area contributed by atoms with Crippen LogP contribution < -0.4 is 16.4 Å². The molecular formula is C13H19N3O2. The van der Waals surface area contributed by atoms with Crippen molar-refractivity contribution >= 4 is 11.8 Å². The SMILES string of the molecule is CNC(=O)CCCNC(=O)c1ccc(CN)cc1. The van der Waals surface area contributed by atoms with E-state index in [1.54, 1.807) is 19.2 Å². The number of rotatable bonds is 6. The molecule has 2 amide bonds. The molecule has 0 spiro atoms. The van der Waals surface area contributed by atoms with Gasteiger partial charge in [-0.15, -0.1) is 0 Å². The fourth-order valence-corrected chi connectivity index (χ4v) is 1.47. The van der Waals surface area contributed by atoms with E-state index in [-0.39, 0.29) is 11.8 Å². The van der Waals surface area contributed by atoms with Gasteiger partial charge in [0.25, 0.3) is 5.91 Å². The van der Waals surface area contributed by atoms with Crippen LogP contribution in [-0.2, 0) is 11.3 Å². The molecule has 5 heteroatoms. The van der Waals surface area contributed by atoms with Crippen LogP contribution in [0.2, 0.25) is 0 Å². The number of carbonyl (C=O) groups is 2. The monoisotopic (exact) mass is 249 g/mol. The summed E-state index contributed by atoms with van der Waals surface area (Å²) in [7, 11) is 1.60. The van der Waals surface area contributed by atoms with Crippen molar-refractivity contribution < 1.29 is 9.59 Å². The van der Waals surface area contributed by atoms with Crippen molar-refractivity contribution in [3.05, 3.63) is 35.4 Å². The predicted octanol–water partition coefficient (Wildman–Crippen LogP) is 0.401. The van der Waals surface area contributed by atoms with Crippen LogP contribution in [0.15, 0.2) is 24.3 Å². The number of hydrogen-bond donors (Lipinski definition) is 3. The summed E-state index contributed by atoms with van der Waals surface area (Å²) in [6, 6.07) is 7.16. The van der Waals surface area contributed by atoms with Crippen LogP contribution in [0.25, 0.3) is 0 Å². The Labute approximate surface area is 107 Å². The molecule has 0 radical (unpaired) electrons. The highest BCUT2D eigenvalue weighted by atomic mass is 16.2. The summed E-state index contributed by atoms with van der Waals surface area (Å²) in [4.78, 5) is 22.7. The topological polar surface area (TPSA) is 84.2 Å². The standard InChI is InChI=1S/C13H19N3O2/c1-15-12(17)3-2-8-16-13(18)11-6-4-10(9-14)5-7-11/h4-7H,2-3,8-9,14H2,1H3,(H,15,17)(H,16,18). The van der Waals surface area contributed by atoms with Crippen LogP contribution >= 0.6 is 0 Å². The fourth-order valence-electron chi connectivity index (χ4n) is 1.47.